The van der Waals surface area contributed by atoms with Crippen LogP contribution < -0.4 is 5.32 Å². The number of hydrogen-bond donors (Lipinski definition) is 1. The minimum atomic E-state index is 0.659. The molecule has 0 fully saturated rings. The summed E-state index contributed by atoms with van der Waals surface area (Å²) in [7, 11) is 1.98. The number of hydrogen-bond acceptors (Lipinski definition) is 2. The Kier molecular flexibility index (Phi) is 2.52. The maximum Gasteiger partial charge on any atom is 0.202 e. The maximum absolute atomic E-state index is 4.14. The van der Waals surface area contributed by atoms with Gasteiger partial charge in [0.25, 0.3) is 0 Å². The lowest BCUT2D eigenvalue weighted by atomic mass is 10.2. The van der Waals surface area contributed by atoms with E-state index in [-0.39, 0.29) is 0 Å². The molecule has 3 heteroatoms. The Labute approximate surface area is 67.4 Å². The fraction of sp³-hybridized carbons (Fsp3) is 0.625. The summed E-state index contributed by atoms with van der Waals surface area (Å²) in [6.07, 6.45) is 3.73. The molecule has 0 saturated heterocycles. The van der Waals surface area contributed by atoms with Crippen LogP contribution in [0.1, 0.15) is 13.8 Å². The second kappa shape index (κ2) is 3.42. The Morgan fingerprint density at radius 1 is 1.64 bits per heavy atom. The molecule has 1 rings (SSSR count). The van der Waals surface area contributed by atoms with E-state index in [9.17, 15) is 0 Å². The molecule has 0 aliphatic rings. The van der Waals surface area contributed by atoms with Crippen LogP contribution in [-0.4, -0.2) is 16.1 Å². The molecular weight excluding hydrogens is 138 g/mol. The molecule has 0 spiro atoms. The van der Waals surface area contributed by atoms with Gasteiger partial charge in [-0.05, 0) is 5.92 Å². The highest BCUT2D eigenvalue weighted by atomic mass is 15.2. The van der Waals surface area contributed by atoms with E-state index >= 15 is 0 Å². The Bertz CT molecular complexity index is 215. The van der Waals surface area contributed by atoms with Crippen LogP contribution in [0.3, 0.4) is 0 Å². The van der Waals surface area contributed by atoms with Crippen LogP contribution in [0, 0.1) is 5.92 Å². The normalized spacial score (nSPS) is 10.5. The van der Waals surface area contributed by atoms with Crippen LogP contribution in [0.4, 0.5) is 5.95 Å². The first kappa shape index (κ1) is 8.11. The molecule has 0 aliphatic carbocycles. The molecule has 1 heterocycles. The third kappa shape index (κ3) is 2.26. The highest BCUT2D eigenvalue weighted by molar-refractivity contribution is 5.24. The van der Waals surface area contributed by atoms with E-state index in [2.05, 4.69) is 24.1 Å². The Morgan fingerprint density at radius 3 is 2.82 bits per heavy atom. The zero-order valence-electron chi connectivity index (χ0n) is 7.33. The van der Waals surface area contributed by atoms with Crippen LogP contribution in [0.15, 0.2) is 12.4 Å². The van der Waals surface area contributed by atoms with Gasteiger partial charge in [-0.1, -0.05) is 13.8 Å². The molecule has 0 amide bonds. The van der Waals surface area contributed by atoms with E-state index in [1.54, 1.807) is 6.20 Å². The van der Waals surface area contributed by atoms with Crippen LogP contribution in [0.25, 0.3) is 0 Å². The molecule has 62 valence electrons. The monoisotopic (exact) mass is 153 g/mol. The molecule has 0 atom stereocenters. The van der Waals surface area contributed by atoms with Gasteiger partial charge in [0.15, 0.2) is 0 Å². The van der Waals surface area contributed by atoms with Crippen molar-refractivity contribution in [3.8, 4) is 0 Å². The SMILES string of the molecule is CC(C)CNc1nccn1C. The van der Waals surface area contributed by atoms with Gasteiger partial charge in [-0.15, -0.1) is 0 Å². The summed E-state index contributed by atoms with van der Waals surface area (Å²) < 4.78 is 1.97. The molecule has 3 nitrogen and oxygen atoms in total. The van der Waals surface area contributed by atoms with Crippen LogP contribution in [0.5, 0.6) is 0 Å². The maximum atomic E-state index is 4.14. The first-order chi connectivity index (χ1) is 5.20. The topological polar surface area (TPSA) is 29.9 Å². The van der Waals surface area contributed by atoms with Gasteiger partial charge in [0.1, 0.15) is 0 Å². The zero-order chi connectivity index (χ0) is 8.27. The van der Waals surface area contributed by atoms with Crippen molar-refractivity contribution in [2.75, 3.05) is 11.9 Å². The second-order valence-electron chi connectivity index (χ2n) is 3.14. The Balaban J connectivity index is 2.44. The quantitative estimate of drug-likeness (QED) is 0.713. The number of nitrogens with zero attached hydrogens (tertiary/aromatic N) is 2. The average Bonchev–Trinajstić information content (AvgIpc) is 2.31. The van der Waals surface area contributed by atoms with Crippen molar-refractivity contribution in [1.29, 1.82) is 0 Å². The number of aromatic nitrogens is 2. The Hall–Kier alpha value is -0.990. The third-order valence-corrected chi connectivity index (χ3v) is 1.49. The molecule has 0 saturated carbocycles. The smallest absolute Gasteiger partial charge is 0.202 e. The predicted octanol–water partition coefficient (Wildman–Crippen LogP) is 1.49. The number of anilines is 1. The summed E-state index contributed by atoms with van der Waals surface area (Å²) >= 11 is 0. The predicted molar refractivity (Wildman–Crippen MR) is 46.5 cm³/mol. The summed E-state index contributed by atoms with van der Waals surface area (Å²) in [6, 6.07) is 0. The fourth-order valence-corrected chi connectivity index (χ4v) is 0.831. The molecule has 0 aromatic carbocycles. The zero-order valence-corrected chi connectivity index (χ0v) is 7.33. The van der Waals surface area contributed by atoms with Gasteiger partial charge in [-0.3, -0.25) is 0 Å². The first-order valence-corrected chi connectivity index (χ1v) is 3.91. The molecule has 1 N–H and O–H groups in total. The second-order valence-corrected chi connectivity index (χ2v) is 3.14. The minimum absolute atomic E-state index is 0.659. The van der Waals surface area contributed by atoms with Gasteiger partial charge in [-0.25, -0.2) is 4.98 Å². The average molecular weight is 153 g/mol. The molecule has 0 aliphatic heterocycles. The number of imidazole rings is 1. The van der Waals surface area contributed by atoms with Gasteiger partial charge in [-0.2, -0.15) is 0 Å². The lowest BCUT2D eigenvalue weighted by molar-refractivity contribution is 0.680. The van der Waals surface area contributed by atoms with Crippen molar-refractivity contribution in [2.24, 2.45) is 13.0 Å². The van der Waals surface area contributed by atoms with Crippen LogP contribution in [-0.2, 0) is 7.05 Å². The minimum Gasteiger partial charge on any atom is -0.355 e. The summed E-state index contributed by atoms with van der Waals surface area (Å²) in [6.45, 7) is 5.33. The van der Waals surface area contributed by atoms with E-state index in [0.717, 1.165) is 12.5 Å². The highest BCUT2D eigenvalue weighted by Gasteiger charge is 1.97. The number of aryl methyl sites for hydroxylation is 1. The summed E-state index contributed by atoms with van der Waals surface area (Å²) in [5.41, 5.74) is 0. The van der Waals surface area contributed by atoms with E-state index in [1.165, 1.54) is 0 Å². The molecule has 1 aromatic heterocycles. The summed E-state index contributed by atoms with van der Waals surface area (Å²) in [5, 5.41) is 3.24. The lowest BCUT2D eigenvalue weighted by Crippen LogP contribution is -2.11. The molecule has 1 aromatic rings. The number of nitrogens with one attached hydrogen (secondary N) is 1. The van der Waals surface area contributed by atoms with Gasteiger partial charge in [0.05, 0.1) is 0 Å². The number of rotatable bonds is 3. The highest BCUT2D eigenvalue weighted by Crippen LogP contribution is 2.01. The van der Waals surface area contributed by atoms with Crippen molar-refractivity contribution < 1.29 is 0 Å². The van der Waals surface area contributed by atoms with Gasteiger partial charge in [0, 0.05) is 26.0 Å². The van der Waals surface area contributed by atoms with Gasteiger partial charge >= 0.3 is 0 Å². The molecule has 0 unspecified atom stereocenters. The molecular formula is C8H15N3. The molecule has 11 heavy (non-hydrogen) atoms. The van der Waals surface area contributed by atoms with E-state index in [1.807, 2.05) is 17.8 Å². The third-order valence-electron chi connectivity index (χ3n) is 1.49. The fourth-order valence-electron chi connectivity index (χ4n) is 0.831. The van der Waals surface area contributed by atoms with Gasteiger partial charge < -0.3 is 9.88 Å². The van der Waals surface area contributed by atoms with Gasteiger partial charge in [0.2, 0.25) is 5.95 Å². The van der Waals surface area contributed by atoms with E-state index in [4.69, 9.17) is 0 Å². The summed E-state index contributed by atoms with van der Waals surface area (Å²) in [5.74, 6) is 1.60. The lowest BCUT2D eigenvalue weighted by Gasteiger charge is -2.07. The van der Waals surface area contributed by atoms with Crippen molar-refractivity contribution in [2.45, 2.75) is 13.8 Å². The standard InChI is InChI=1S/C8H15N3/c1-7(2)6-10-8-9-4-5-11(8)3/h4-5,7H,6H2,1-3H3,(H,9,10). The van der Waals surface area contributed by atoms with Crippen molar-refractivity contribution in [3.63, 3.8) is 0 Å². The van der Waals surface area contributed by atoms with Crippen LogP contribution >= 0.6 is 0 Å². The van der Waals surface area contributed by atoms with Crippen LogP contribution in [0.2, 0.25) is 0 Å². The first-order valence-electron chi connectivity index (χ1n) is 3.91. The molecule has 0 bridgehead atoms. The van der Waals surface area contributed by atoms with E-state index in [0.29, 0.717) is 5.92 Å². The van der Waals surface area contributed by atoms with E-state index < -0.39 is 0 Å². The van der Waals surface area contributed by atoms with Crippen molar-refractivity contribution >= 4 is 5.95 Å². The molecule has 0 radical (unpaired) electrons. The summed E-state index contributed by atoms with van der Waals surface area (Å²) in [4.78, 5) is 4.14. The van der Waals surface area contributed by atoms with Crippen molar-refractivity contribution in [3.05, 3.63) is 12.4 Å². The Morgan fingerprint density at radius 2 is 2.36 bits per heavy atom. The van der Waals surface area contributed by atoms with Crippen molar-refractivity contribution in [1.82, 2.24) is 9.55 Å². The largest absolute Gasteiger partial charge is 0.355 e.